The zero-order valence-electron chi connectivity index (χ0n) is 15.1. The number of aromatic amines is 1. The van der Waals surface area contributed by atoms with Crippen LogP contribution in [0.5, 0.6) is 0 Å². The standard InChI is InChI=1S/C20H22ClN5S/c21-18-8-6-16(7-9-18)14-24-10-12-25(13-11-24)15-26-20(27)22-19(23-26)17-4-2-1-3-5-17/h1-9H,10-15H2,(H,22,23,27)/p+2. The third-order valence-electron chi connectivity index (χ3n) is 5.14. The zero-order chi connectivity index (χ0) is 18.6. The van der Waals surface area contributed by atoms with Gasteiger partial charge in [-0.05, 0) is 24.4 Å². The summed E-state index contributed by atoms with van der Waals surface area (Å²) in [6, 6.07) is 18.3. The molecule has 1 fully saturated rings. The van der Waals surface area contributed by atoms with Gasteiger partial charge in [0.1, 0.15) is 32.7 Å². The summed E-state index contributed by atoms with van der Waals surface area (Å²) in [4.78, 5) is 7.68. The second kappa shape index (κ2) is 8.35. The summed E-state index contributed by atoms with van der Waals surface area (Å²) in [6.07, 6.45) is 0. The number of rotatable bonds is 5. The normalized spacial score (nSPS) is 19.9. The van der Waals surface area contributed by atoms with Crippen molar-refractivity contribution < 1.29 is 9.80 Å². The molecule has 3 aromatic rings. The first-order chi connectivity index (χ1) is 13.2. The summed E-state index contributed by atoms with van der Waals surface area (Å²) in [7, 11) is 0. The Morgan fingerprint density at radius 2 is 1.63 bits per heavy atom. The average molecular weight is 402 g/mol. The van der Waals surface area contributed by atoms with Gasteiger partial charge in [0.25, 0.3) is 0 Å². The van der Waals surface area contributed by atoms with Gasteiger partial charge in [-0.2, -0.15) is 4.98 Å². The Balaban J connectivity index is 1.33. The lowest BCUT2D eigenvalue weighted by atomic mass is 10.2. The highest BCUT2D eigenvalue weighted by Gasteiger charge is 2.23. The Bertz CT molecular complexity index is 927. The fourth-order valence-corrected chi connectivity index (χ4v) is 3.92. The van der Waals surface area contributed by atoms with Crippen LogP contribution in [0.2, 0.25) is 5.02 Å². The molecule has 5 nitrogen and oxygen atoms in total. The van der Waals surface area contributed by atoms with Gasteiger partial charge in [-0.3, -0.25) is 5.10 Å². The number of H-pyrrole nitrogens is 1. The van der Waals surface area contributed by atoms with E-state index in [1.165, 1.54) is 10.5 Å². The number of halogens is 1. The third-order valence-corrected chi connectivity index (χ3v) is 5.70. The number of nitrogens with zero attached hydrogens (tertiary/aromatic N) is 2. The molecule has 27 heavy (non-hydrogen) atoms. The predicted molar refractivity (Wildman–Crippen MR) is 109 cm³/mol. The van der Waals surface area contributed by atoms with Crippen LogP contribution in [0.3, 0.4) is 0 Å². The Hall–Kier alpha value is -1.99. The molecule has 0 amide bonds. The van der Waals surface area contributed by atoms with Crippen molar-refractivity contribution in [3.05, 3.63) is 70.0 Å². The van der Waals surface area contributed by atoms with Gasteiger partial charge in [-0.1, -0.05) is 54.1 Å². The van der Waals surface area contributed by atoms with Gasteiger partial charge in [0.15, 0.2) is 12.5 Å². The molecule has 1 aliphatic rings. The van der Waals surface area contributed by atoms with E-state index in [-0.39, 0.29) is 0 Å². The van der Waals surface area contributed by atoms with Crippen LogP contribution >= 0.6 is 23.8 Å². The van der Waals surface area contributed by atoms with Crippen molar-refractivity contribution in [2.45, 2.75) is 13.2 Å². The number of hydrogen-bond acceptors (Lipinski definition) is 2. The second-order valence-corrected chi connectivity index (χ2v) is 7.91. The van der Waals surface area contributed by atoms with Crippen LogP contribution in [-0.2, 0) is 13.2 Å². The lowest BCUT2D eigenvalue weighted by Gasteiger charge is -2.29. The monoisotopic (exact) mass is 401 g/mol. The number of aromatic nitrogens is 3. The molecule has 0 bridgehead atoms. The van der Waals surface area contributed by atoms with Gasteiger partial charge in [-0.15, -0.1) is 0 Å². The van der Waals surface area contributed by atoms with Gasteiger partial charge >= 0.3 is 0 Å². The topological polar surface area (TPSA) is 42.5 Å². The van der Waals surface area contributed by atoms with Gasteiger partial charge in [0, 0.05) is 16.1 Å². The number of hydrogen-bond donors (Lipinski definition) is 3. The summed E-state index contributed by atoms with van der Waals surface area (Å²) in [6.45, 7) is 6.48. The number of benzene rings is 2. The molecule has 1 aliphatic heterocycles. The van der Waals surface area contributed by atoms with Crippen LogP contribution in [0, 0.1) is 4.77 Å². The van der Waals surface area contributed by atoms with Crippen molar-refractivity contribution >= 4 is 23.8 Å². The minimum absolute atomic E-state index is 0.622. The van der Waals surface area contributed by atoms with Crippen LogP contribution < -0.4 is 9.80 Å². The van der Waals surface area contributed by atoms with Crippen molar-refractivity contribution in [3.63, 3.8) is 0 Å². The number of piperazine rings is 1. The highest BCUT2D eigenvalue weighted by Crippen LogP contribution is 2.13. The minimum atomic E-state index is 0.622. The molecule has 0 aliphatic carbocycles. The molecule has 140 valence electrons. The van der Waals surface area contributed by atoms with Gasteiger partial charge in [0.2, 0.25) is 4.77 Å². The predicted octanol–water partition coefficient (Wildman–Crippen LogP) is 1.20. The van der Waals surface area contributed by atoms with E-state index < -0.39 is 0 Å². The van der Waals surface area contributed by atoms with Crippen molar-refractivity contribution in [2.75, 3.05) is 26.2 Å². The fourth-order valence-electron chi connectivity index (χ4n) is 3.60. The molecule has 0 saturated carbocycles. The Labute approximate surface area is 169 Å². The highest BCUT2D eigenvalue weighted by molar-refractivity contribution is 7.71. The summed E-state index contributed by atoms with van der Waals surface area (Å²) in [5, 5.41) is 4.16. The third kappa shape index (κ3) is 4.65. The highest BCUT2D eigenvalue weighted by atomic mass is 35.5. The summed E-state index contributed by atoms with van der Waals surface area (Å²) in [5.41, 5.74) is 2.41. The molecule has 4 rings (SSSR count). The van der Waals surface area contributed by atoms with Gasteiger partial charge < -0.3 is 9.80 Å². The van der Waals surface area contributed by atoms with E-state index in [1.54, 1.807) is 4.90 Å². The summed E-state index contributed by atoms with van der Waals surface area (Å²) < 4.78 is 2.62. The van der Waals surface area contributed by atoms with E-state index in [9.17, 15) is 0 Å². The van der Waals surface area contributed by atoms with E-state index in [1.807, 2.05) is 47.1 Å². The van der Waals surface area contributed by atoms with Crippen molar-refractivity contribution in [2.24, 2.45) is 0 Å². The van der Waals surface area contributed by atoms with Crippen LogP contribution in [0.15, 0.2) is 54.6 Å². The Kier molecular flexibility index (Phi) is 5.69. The molecule has 1 saturated heterocycles. The zero-order valence-corrected chi connectivity index (χ0v) is 16.7. The maximum absolute atomic E-state index is 5.98. The maximum Gasteiger partial charge on any atom is 0.221 e. The molecular formula is C20H24ClN5S+2. The maximum atomic E-state index is 5.98. The Morgan fingerprint density at radius 1 is 0.963 bits per heavy atom. The lowest BCUT2D eigenvalue weighted by molar-refractivity contribution is -1.03. The first-order valence-corrected chi connectivity index (χ1v) is 10.1. The lowest BCUT2D eigenvalue weighted by Crippen LogP contribution is -3.27. The van der Waals surface area contributed by atoms with Crippen LogP contribution in [-0.4, -0.2) is 40.9 Å². The fraction of sp³-hybridized carbons (Fsp3) is 0.300. The van der Waals surface area contributed by atoms with E-state index in [0.717, 1.165) is 55.8 Å². The van der Waals surface area contributed by atoms with E-state index >= 15 is 0 Å². The smallest absolute Gasteiger partial charge is 0.221 e. The van der Waals surface area contributed by atoms with Crippen molar-refractivity contribution in [1.82, 2.24) is 14.8 Å². The summed E-state index contributed by atoms with van der Waals surface area (Å²) in [5.74, 6) is 0.840. The molecule has 3 N–H and O–H groups in total. The molecule has 0 radical (unpaired) electrons. The Morgan fingerprint density at radius 3 is 2.33 bits per heavy atom. The minimum Gasteiger partial charge on any atom is -0.322 e. The second-order valence-electron chi connectivity index (χ2n) is 7.11. The first kappa shape index (κ1) is 18.4. The molecule has 0 atom stereocenters. The van der Waals surface area contributed by atoms with Crippen molar-refractivity contribution in [1.29, 1.82) is 0 Å². The molecule has 0 spiro atoms. The van der Waals surface area contributed by atoms with E-state index in [2.05, 4.69) is 22.2 Å². The van der Waals surface area contributed by atoms with Gasteiger partial charge in [0.05, 0.1) is 0 Å². The van der Waals surface area contributed by atoms with E-state index in [0.29, 0.717) is 4.77 Å². The first-order valence-electron chi connectivity index (χ1n) is 9.31. The van der Waals surface area contributed by atoms with Crippen LogP contribution in [0.4, 0.5) is 0 Å². The van der Waals surface area contributed by atoms with Crippen LogP contribution in [0.25, 0.3) is 11.4 Å². The molecule has 2 heterocycles. The molecule has 1 aromatic heterocycles. The van der Waals surface area contributed by atoms with Crippen LogP contribution in [0.1, 0.15) is 5.56 Å². The SMILES string of the molecule is S=c1nc(-c2ccccc2)[nH]n1C[NH+]1CC[NH+](Cc2ccc(Cl)cc2)CC1. The largest absolute Gasteiger partial charge is 0.322 e. The van der Waals surface area contributed by atoms with E-state index in [4.69, 9.17) is 23.8 Å². The average Bonchev–Trinajstić information content (AvgIpc) is 3.06. The molecule has 7 heteroatoms. The quantitative estimate of drug-likeness (QED) is 0.562. The number of nitrogens with one attached hydrogen (secondary N) is 3. The molecule has 2 aromatic carbocycles. The molecular weight excluding hydrogens is 378 g/mol. The number of quaternary nitrogens is 2. The summed E-state index contributed by atoms with van der Waals surface area (Å²) >= 11 is 11.4. The molecule has 0 unspecified atom stereocenters. The van der Waals surface area contributed by atoms with Gasteiger partial charge in [-0.25, -0.2) is 4.68 Å². The van der Waals surface area contributed by atoms with Crippen molar-refractivity contribution in [3.8, 4) is 11.4 Å².